The van der Waals surface area contributed by atoms with E-state index in [9.17, 15) is 4.79 Å². The number of rotatable bonds is 7. The monoisotopic (exact) mass is 721 g/mol. The van der Waals surface area contributed by atoms with Crippen LogP contribution < -0.4 is 21.2 Å². The Labute approximate surface area is 305 Å². The van der Waals surface area contributed by atoms with Crippen LogP contribution in [0, 0.1) is 24.0 Å². The molecular formula is C40H41F2N7O4. The van der Waals surface area contributed by atoms with Crippen LogP contribution in [0.1, 0.15) is 68.2 Å². The number of piperazine rings is 1. The van der Waals surface area contributed by atoms with Crippen LogP contribution in [-0.2, 0) is 19.4 Å². The number of nitrogens with zero attached hydrogens (tertiary/aromatic N) is 6. The summed E-state index contributed by atoms with van der Waals surface area (Å²) >= 11 is 0. The zero-order chi connectivity index (χ0) is 36.4. The second kappa shape index (κ2) is 13.1. The third kappa shape index (κ3) is 5.70. The molecule has 0 aliphatic carbocycles. The van der Waals surface area contributed by atoms with E-state index < -0.39 is 17.5 Å². The summed E-state index contributed by atoms with van der Waals surface area (Å²) in [6.07, 6.45) is 12.8. The summed E-state index contributed by atoms with van der Waals surface area (Å²) in [6, 6.07) is 6.33. The Morgan fingerprint density at radius 3 is 2.64 bits per heavy atom. The van der Waals surface area contributed by atoms with Gasteiger partial charge in [0.25, 0.3) is 0 Å². The molecule has 7 heterocycles. The summed E-state index contributed by atoms with van der Waals surface area (Å²) in [5, 5.41) is 1.50. The van der Waals surface area contributed by atoms with Gasteiger partial charge in [0.05, 0.1) is 28.7 Å². The van der Waals surface area contributed by atoms with Crippen LogP contribution >= 0.6 is 0 Å². The van der Waals surface area contributed by atoms with Crippen LogP contribution in [-0.4, -0.2) is 75.7 Å². The molecule has 2 aromatic carbocycles. The number of terminal acetylenes is 1. The first-order chi connectivity index (χ1) is 25.7. The van der Waals surface area contributed by atoms with Crippen LogP contribution in [0.25, 0.3) is 32.9 Å². The van der Waals surface area contributed by atoms with Gasteiger partial charge in [0.2, 0.25) is 0 Å². The van der Waals surface area contributed by atoms with E-state index >= 15 is 8.78 Å². The van der Waals surface area contributed by atoms with Crippen molar-refractivity contribution < 1.29 is 22.4 Å². The zero-order valence-corrected chi connectivity index (χ0v) is 29.7. The number of ether oxygens (including phenoxy) is 1. The minimum Gasteiger partial charge on any atom is -0.461 e. The standard InChI is InChI=1S/C40H41F2N7O4/c1-3-26-28(41)11-10-23-18-24(43)19-27(32(23)26)35-34(42)36-33-29(44-35)9-5-8-25-20-47(21-31-30(4-2)52-39(50)53-31)16-17-49(25)37(33)46-38(45-36)51-22-40-12-6-14-48(40)15-7-13-40/h1,10-11,18-19,25H,4-9,12-17,20-22,43H2,2H3. The van der Waals surface area contributed by atoms with E-state index in [2.05, 4.69) is 20.6 Å². The fourth-order valence-electron chi connectivity index (χ4n) is 9.31. The third-order valence-corrected chi connectivity index (χ3v) is 11.8. The molecule has 9 rings (SSSR count). The molecule has 0 amide bonds. The Bertz CT molecular complexity index is 2360. The van der Waals surface area contributed by atoms with Crippen molar-refractivity contribution >= 4 is 33.2 Å². The number of aryl methyl sites for hydroxylation is 2. The molecule has 4 aliphatic heterocycles. The Morgan fingerprint density at radius 2 is 1.85 bits per heavy atom. The van der Waals surface area contributed by atoms with Crippen molar-refractivity contribution in [3.63, 3.8) is 0 Å². The SMILES string of the molecule is C#Cc1c(F)ccc2cc(N)cc(-c3nc4c5c(nc(OCC67CCCN6CCC7)nc5c3F)N3CCN(Cc5oc(=O)oc5CC)CC3CCC4)c12. The summed E-state index contributed by atoms with van der Waals surface area (Å²) in [5.74, 6) is 2.23. The molecule has 53 heavy (non-hydrogen) atoms. The van der Waals surface area contributed by atoms with Crippen LogP contribution in [0.15, 0.2) is 37.9 Å². The Kier molecular flexibility index (Phi) is 8.35. The van der Waals surface area contributed by atoms with Gasteiger partial charge in [-0.1, -0.05) is 18.9 Å². The summed E-state index contributed by atoms with van der Waals surface area (Å²) in [7, 11) is 0. The van der Waals surface area contributed by atoms with Crippen LogP contribution in [0.3, 0.4) is 0 Å². The van der Waals surface area contributed by atoms with E-state index in [0.717, 1.165) is 51.6 Å². The third-order valence-electron chi connectivity index (χ3n) is 11.8. The van der Waals surface area contributed by atoms with Crippen LogP contribution in [0.4, 0.5) is 20.3 Å². The fourth-order valence-corrected chi connectivity index (χ4v) is 9.31. The Balaban J connectivity index is 1.18. The fraction of sp³-hybridized carbons (Fsp3) is 0.450. The summed E-state index contributed by atoms with van der Waals surface area (Å²) in [6.45, 7) is 6.80. The molecule has 274 valence electrons. The summed E-state index contributed by atoms with van der Waals surface area (Å²) < 4.78 is 49.6. The number of benzene rings is 2. The average molecular weight is 722 g/mol. The molecule has 2 N–H and O–H groups in total. The molecule has 3 aromatic heterocycles. The molecule has 1 unspecified atom stereocenters. The molecule has 11 nitrogen and oxygen atoms in total. The predicted octanol–water partition coefficient (Wildman–Crippen LogP) is 5.83. The van der Waals surface area contributed by atoms with E-state index in [1.807, 2.05) is 6.92 Å². The quantitative estimate of drug-likeness (QED) is 0.161. The van der Waals surface area contributed by atoms with Crippen molar-refractivity contribution in [1.29, 1.82) is 0 Å². The molecule has 13 heteroatoms. The first kappa shape index (κ1) is 33.8. The molecule has 0 bridgehead atoms. The summed E-state index contributed by atoms with van der Waals surface area (Å²) in [5.41, 5.74) is 7.73. The number of nitrogen functional groups attached to an aromatic ring is 1. The van der Waals surface area contributed by atoms with Crippen molar-refractivity contribution in [2.24, 2.45) is 0 Å². The van der Waals surface area contributed by atoms with E-state index in [-0.39, 0.29) is 34.4 Å². The maximum Gasteiger partial charge on any atom is 0.519 e. The molecular weight excluding hydrogens is 680 g/mol. The van der Waals surface area contributed by atoms with E-state index in [1.165, 1.54) is 6.07 Å². The van der Waals surface area contributed by atoms with E-state index in [4.69, 9.17) is 40.7 Å². The van der Waals surface area contributed by atoms with Gasteiger partial charge in [0, 0.05) is 48.7 Å². The highest BCUT2D eigenvalue weighted by Gasteiger charge is 2.45. The van der Waals surface area contributed by atoms with Gasteiger partial charge in [-0.15, -0.1) is 6.42 Å². The van der Waals surface area contributed by atoms with Gasteiger partial charge in [-0.05, 0) is 81.6 Å². The first-order valence-electron chi connectivity index (χ1n) is 18.6. The maximum absolute atomic E-state index is 17.4. The molecule has 4 aliphatic rings. The molecule has 0 spiro atoms. The van der Waals surface area contributed by atoms with Gasteiger partial charge in [0.15, 0.2) is 17.3 Å². The maximum atomic E-state index is 17.4. The lowest BCUT2D eigenvalue weighted by Gasteiger charge is -2.43. The van der Waals surface area contributed by atoms with Crippen LogP contribution in [0.2, 0.25) is 0 Å². The van der Waals surface area contributed by atoms with Gasteiger partial charge in [-0.2, -0.15) is 9.97 Å². The second-order valence-corrected chi connectivity index (χ2v) is 14.8. The largest absolute Gasteiger partial charge is 0.519 e. The lowest BCUT2D eigenvalue weighted by Crippen LogP contribution is -2.53. The molecule has 3 fully saturated rings. The first-order valence-corrected chi connectivity index (χ1v) is 18.6. The lowest BCUT2D eigenvalue weighted by molar-refractivity contribution is 0.107. The predicted molar refractivity (Wildman–Crippen MR) is 197 cm³/mol. The van der Waals surface area contributed by atoms with Gasteiger partial charge >= 0.3 is 11.8 Å². The van der Waals surface area contributed by atoms with Crippen molar-refractivity contribution in [3.05, 3.63) is 69.3 Å². The average Bonchev–Trinajstić information content (AvgIpc) is 3.84. The van der Waals surface area contributed by atoms with Gasteiger partial charge in [-0.25, -0.2) is 18.6 Å². The zero-order valence-electron chi connectivity index (χ0n) is 29.7. The van der Waals surface area contributed by atoms with Crippen molar-refractivity contribution in [2.45, 2.75) is 76.4 Å². The molecule has 5 aromatic rings. The van der Waals surface area contributed by atoms with E-state index in [1.54, 1.807) is 18.2 Å². The van der Waals surface area contributed by atoms with Crippen molar-refractivity contribution in [2.75, 3.05) is 50.0 Å². The number of aromatic nitrogens is 3. The van der Waals surface area contributed by atoms with Gasteiger partial charge < -0.3 is 24.2 Å². The lowest BCUT2D eigenvalue weighted by atomic mass is 9.94. The highest BCUT2D eigenvalue weighted by molar-refractivity contribution is 6.04. The number of hydrogen-bond donors (Lipinski definition) is 1. The Morgan fingerprint density at radius 1 is 1.04 bits per heavy atom. The topological polar surface area (TPSA) is 127 Å². The number of fused-ring (bicyclic) bond motifs is 4. The minimum atomic E-state index is -0.687. The number of pyridine rings is 1. The summed E-state index contributed by atoms with van der Waals surface area (Å²) in [4.78, 5) is 33.7. The van der Waals surface area contributed by atoms with Crippen LogP contribution in [0.5, 0.6) is 6.01 Å². The minimum absolute atomic E-state index is 0.00845. The normalized spacial score (nSPS) is 20.0. The molecule has 3 saturated heterocycles. The molecule has 0 radical (unpaired) electrons. The number of anilines is 2. The number of nitrogens with two attached hydrogens (primary N) is 1. The smallest absolute Gasteiger partial charge is 0.461 e. The highest BCUT2D eigenvalue weighted by atomic mass is 19.1. The second-order valence-electron chi connectivity index (χ2n) is 14.8. The van der Waals surface area contributed by atoms with Gasteiger partial charge in [-0.3, -0.25) is 9.80 Å². The highest BCUT2D eigenvalue weighted by Crippen LogP contribution is 2.43. The number of halogens is 2. The van der Waals surface area contributed by atoms with Crippen molar-refractivity contribution in [3.8, 4) is 29.6 Å². The van der Waals surface area contributed by atoms with Crippen molar-refractivity contribution in [1.82, 2.24) is 24.8 Å². The molecule has 0 saturated carbocycles. The van der Waals surface area contributed by atoms with E-state index in [0.29, 0.717) is 96.1 Å². The van der Waals surface area contributed by atoms with Gasteiger partial charge in [0.1, 0.15) is 29.5 Å². The Hall–Kier alpha value is -5.06. The number of hydrogen-bond acceptors (Lipinski definition) is 11. The molecule has 1 atom stereocenters.